The van der Waals surface area contributed by atoms with Crippen molar-refractivity contribution in [2.75, 3.05) is 5.73 Å². The van der Waals surface area contributed by atoms with Crippen LogP contribution < -0.4 is 5.73 Å². The molecule has 0 spiro atoms. The van der Waals surface area contributed by atoms with Gasteiger partial charge in [-0.25, -0.2) is 0 Å². The minimum Gasteiger partial charge on any atom is -0.399 e. The molecule has 2 heteroatoms. The molecule has 0 amide bonds. The van der Waals surface area contributed by atoms with E-state index in [1.54, 1.807) is 12.1 Å². The molecular weight excluding hydrogens is 186 g/mol. The van der Waals surface area contributed by atoms with Crippen molar-refractivity contribution < 1.29 is 4.79 Å². The Balaban J connectivity index is 2.07. The van der Waals surface area contributed by atoms with Crippen molar-refractivity contribution >= 4 is 11.5 Å². The molecule has 0 bridgehead atoms. The van der Waals surface area contributed by atoms with E-state index in [2.05, 4.69) is 6.08 Å². The summed E-state index contributed by atoms with van der Waals surface area (Å²) in [5.74, 6) is 0.176. The van der Waals surface area contributed by atoms with Crippen LogP contribution in [-0.2, 0) is 0 Å². The Morgan fingerprint density at radius 1 is 1.40 bits per heavy atom. The van der Waals surface area contributed by atoms with E-state index in [-0.39, 0.29) is 5.78 Å². The van der Waals surface area contributed by atoms with Crippen molar-refractivity contribution in [1.29, 1.82) is 0 Å². The molecule has 1 aromatic rings. The van der Waals surface area contributed by atoms with Gasteiger partial charge in [0.05, 0.1) is 0 Å². The van der Waals surface area contributed by atoms with E-state index in [0.29, 0.717) is 12.1 Å². The Morgan fingerprint density at radius 2 is 2.27 bits per heavy atom. The third-order valence-corrected chi connectivity index (χ3v) is 2.73. The Kier molecular flexibility index (Phi) is 2.86. The number of ketones is 1. The van der Waals surface area contributed by atoms with Gasteiger partial charge in [-0.1, -0.05) is 23.8 Å². The molecule has 0 fully saturated rings. The van der Waals surface area contributed by atoms with E-state index in [1.807, 2.05) is 12.1 Å². The van der Waals surface area contributed by atoms with Crippen molar-refractivity contribution in [3.05, 3.63) is 41.5 Å². The highest BCUT2D eigenvalue weighted by Gasteiger charge is 2.11. The summed E-state index contributed by atoms with van der Waals surface area (Å²) in [6, 6.07) is 7.20. The van der Waals surface area contributed by atoms with E-state index in [0.717, 1.165) is 18.4 Å². The second kappa shape index (κ2) is 4.30. The molecule has 2 N–H and O–H groups in total. The summed E-state index contributed by atoms with van der Waals surface area (Å²) in [7, 11) is 0. The van der Waals surface area contributed by atoms with Crippen molar-refractivity contribution in [1.82, 2.24) is 0 Å². The Labute approximate surface area is 89.8 Å². The maximum Gasteiger partial charge on any atom is 0.166 e. The van der Waals surface area contributed by atoms with Crippen molar-refractivity contribution in [2.24, 2.45) is 0 Å². The third kappa shape index (κ3) is 2.46. The van der Waals surface area contributed by atoms with Crippen LogP contribution in [0.5, 0.6) is 0 Å². The van der Waals surface area contributed by atoms with Gasteiger partial charge in [-0.2, -0.15) is 0 Å². The lowest BCUT2D eigenvalue weighted by Crippen LogP contribution is -2.00. The summed E-state index contributed by atoms with van der Waals surface area (Å²) in [6.45, 7) is 0. The zero-order valence-corrected chi connectivity index (χ0v) is 8.70. The molecule has 0 radical (unpaired) electrons. The summed E-state index contributed by atoms with van der Waals surface area (Å²) in [6.07, 6.45) is 6.14. The highest BCUT2D eigenvalue weighted by molar-refractivity contribution is 5.98. The first-order chi connectivity index (χ1) is 7.25. The van der Waals surface area contributed by atoms with Crippen LogP contribution in [0.2, 0.25) is 0 Å². The molecule has 1 aliphatic rings. The van der Waals surface area contributed by atoms with E-state index >= 15 is 0 Å². The number of allylic oxidation sites excluding steroid dienone is 2. The van der Waals surface area contributed by atoms with Gasteiger partial charge >= 0.3 is 0 Å². The van der Waals surface area contributed by atoms with Crippen LogP contribution in [0, 0.1) is 0 Å². The lowest BCUT2D eigenvalue weighted by Gasteiger charge is -2.02. The molecule has 0 saturated heterocycles. The molecule has 2 rings (SSSR count). The summed E-state index contributed by atoms with van der Waals surface area (Å²) in [5, 5.41) is 0. The van der Waals surface area contributed by atoms with Gasteiger partial charge in [0.2, 0.25) is 0 Å². The van der Waals surface area contributed by atoms with Crippen LogP contribution in [0.1, 0.15) is 36.0 Å². The lowest BCUT2D eigenvalue weighted by atomic mass is 10.0. The maximum atomic E-state index is 11.9. The molecule has 78 valence electrons. The zero-order valence-electron chi connectivity index (χ0n) is 8.70. The van der Waals surface area contributed by atoms with Crippen LogP contribution in [-0.4, -0.2) is 5.78 Å². The second-order valence-corrected chi connectivity index (χ2v) is 3.98. The van der Waals surface area contributed by atoms with Crippen LogP contribution >= 0.6 is 0 Å². The predicted octanol–water partition coefficient (Wildman–Crippen LogP) is 2.95. The molecular formula is C13H15NO. The third-order valence-electron chi connectivity index (χ3n) is 2.73. The molecule has 0 heterocycles. The molecule has 0 aromatic heterocycles. The Bertz CT molecular complexity index is 407. The van der Waals surface area contributed by atoms with E-state index < -0.39 is 0 Å². The number of hydrogen-bond donors (Lipinski definition) is 1. The highest BCUT2D eigenvalue weighted by Crippen LogP contribution is 2.22. The summed E-state index contributed by atoms with van der Waals surface area (Å²) >= 11 is 0. The van der Waals surface area contributed by atoms with Gasteiger partial charge in [-0.15, -0.1) is 0 Å². The molecule has 0 atom stereocenters. The average molecular weight is 201 g/mol. The number of anilines is 1. The van der Waals surface area contributed by atoms with Gasteiger partial charge in [0.15, 0.2) is 5.78 Å². The fraction of sp³-hybridized carbons (Fsp3) is 0.308. The predicted molar refractivity (Wildman–Crippen MR) is 61.7 cm³/mol. The van der Waals surface area contributed by atoms with E-state index in [4.69, 9.17) is 5.73 Å². The molecule has 0 unspecified atom stereocenters. The molecule has 1 aromatic carbocycles. The normalized spacial score (nSPS) is 15.1. The second-order valence-electron chi connectivity index (χ2n) is 3.98. The number of nitrogens with two attached hydrogens (primary N) is 1. The smallest absolute Gasteiger partial charge is 0.166 e. The standard InChI is InChI=1S/C13H15NO/c14-12-7-3-6-11(9-12)13(15)8-10-4-1-2-5-10/h3-4,6-7,9H,1-2,5,8,14H2. The number of benzene rings is 1. The first-order valence-electron chi connectivity index (χ1n) is 5.32. The maximum absolute atomic E-state index is 11.9. The number of nitrogen functional groups attached to an aromatic ring is 1. The first kappa shape index (κ1) is 9.97. The molecule has 0 saturated carbocycles. The monoisotopic (exact) mass is 201 g/mol. The van der Waals surface area contributed by atoms with E-state index in [9.17, 15) is 4.79 Å². The molecule has 15 heavy (non-hydrogen) atoms. The van der Waals surface area contributed by atoms with Crippen LogP contribution in [0.3, 0.4) is 0 Å². The minimum absolute atomic E-state index is 0.176. The number of hydrogen-bond acceptors (Lipinski definition) is 2. The van der Waals surface area contributed by atoms with Crippen LogP contribution in [0.4, 0.5) is 5.69 Å². The van der Waals surface area contributed by atoms with E-state index in [1.165, 1.54) is 12.0 Å². The van der Waals surface area contributed by atoms with Gasteiger partial charge in [0.25, 0.3) is 0 Å². The molecule has 0 aliphatic heterocycles. The summed E-state index contributed by atoms with van der Waals surface area (Å²) in [4.78, 5) is 11.9. The Hall–Kier alpha value is -1.57. The first-order valence-corrected chi connectivity index (χ1v) is 5.32. The summed E-state index contributed by atoms with van der Waals surface area (Å²) < 4.78 is 0. The largest absolute Gasteiger partial charge is 0.399 e. The highest BCUT2D eigenvalue weighted by atomic mass is 16.1. The number of carbonyl (C=O) groups excluding carboxylic acids is 1. The van der Waals surface area contributed by atoms with Gasteiger partial charge in [-0.3, -0.25) is 4.79 Å². The van der Waals surface area contributed by atoms with Crippen molar-refractivity contribution in [3.63, 3.8) is 0 Å². The Morgan fingerprint density at radius 3 is 2.93 bits per heavy atom. The quantitative estimate of drug-likeness (QED) is 0.464. The minimum atomic E-state index is 0.176. The SMILES string of the molecule is Nc1cccc(C(=O)CC2=CCCC2)c1. The van der Waals surface area contributed by atoms with Crippen molar-refractivity contribution in [3.8, 4) is 0 Å². The van der Waals surface area contributed by atoms with Gasteiger partial charge in [0.1, 0.15) is 0 Å². The number of Topliss-reactive ketones (excluding diaryl/α,β-unsaturated/α-hetero) is 1. The lowest BCUT2D eigenvalue weighted by molar-refractivity contribution is 0.0992. The van der Waals surface area contributed by atoms with Crippen molar-refractivity contribution in [2.45, 2.75) is 25.7 Å². The van der Waals surface area contributed by atoms with Gasteiger partial charge in [0, 0.05) is 17.7 Å². The molecule has 2 nitrogen and oxygen atoms in total. The number of rotatable bonds is 3. The van der Waals surface area contributed by atoms with Crippen LogP contribution in [0.25, 0.3) is 0 Å². The average Bonchev–Trinajstić information content (AvgIpc) is 2.70. The topological polar surface area (TPSA) is 43.1 Å². The zero-order chi connectivity index (χ0) is 10.7. The summed E-state index contributed by atoms with van der Waals surface area (Å²) in [5.41, 5.74) is 8.30. The van der Waals surface area contributed by atoms with Crippen LogP contribution in [0.15, 0.2) is 35.9 Å². The van der Waals surface area contributed by atoms with Gasteiger partial charge < -0.3 is 5.73 Å². The van der Waals surface area contributed by atoms with Gasteiger partial charge in [-0.05, 0) is 31.4 Å². The fourth-order valence-corrected chi connectivity index (χ4v) is 1.92. The number of carbonyl (C=O) groups is 1. The fourth-order valence-electron chi connectivity index (χ4n) is 1.92. The molecule has 1 aliphatic carbocycles.